The number of nitrogens with zero attached hydrogens (tertiary/aromatic N) is 2. The average molecular weight is 429 g/mol. The molecule has 0 saturated carbocycles. The van der Waals surface area contributed by atoms with Crippen LogP contribution in [0.2, 0.25) is 5.02 Å². The molecule has 0 spiro atoms. The predicted octanol–water partition coefficient (Wildman–Crippen LogP) is 5.45. The highest BCUT2D eigenvalue weighted by Crippen LogP contribution is 2.27. The molecule has 2 aromatic carbocycles. The highest BCUT2D eigenvalue weighted by atomic mass is 35.5. The highest BCUT2D eigenvalue weighted by Gasteiger charge is 2.28. The fraction of sp³-hybridized carbons (Fsp3) is 0.480. The van der Waals surface area contributed by atoms with E-state index in [0.717, 1.165) is 29.5 Å². The van der Waals surface area contributed by atoms with Crippen LogP contribution >= 0.6 is 11.6 Å². The number of carbonyl (C=O) groups excluding carboxylic acids is 1. The second kappa shape index (κ2) is 9.30. The van der Waals surface area contributed by atoms with Crippen LogP contribution < -0.4 is 9.64 Å². The molecule has 1 aliphatic heterocycles. The summed E-state index contributed by atoms with van der Waals surface area (Å²) >= 11 is 6.18. The molecule has 0 radical (unpaired) electrons. The van der Waals surface area contributed by atoms with E-state index in [9.17, 15) is 4.79 Å². The third-order valence-corrected chi connectivity index (χ3v) is 5.98. The molecule has 1 amide bonds. The Morgan fingerprint density at radius 3 is 2.27 bits per heavy atom. The summed E-state index contributed by atoms with van der Waals surface area (Å²) in [5.41, 5.74) is 3.70. The first kappa shape index (κ1) is 22.5. The zero-order valence-electron chi connectivity index (χ0n) is 18.7. The maximum atomic E-state index is 13.1. The number of piperazine rings is 1. The quantitative estimate of drug-likeness (QED) is 0.634. The van der Waals surface area contributed by atoms with Gasteiger partial charge in [-0.25, -0.2) is 0 Å². The predicted molar refractivity (Wildman–Crippen MR) is 125 cm³/mol. The van der Waals surface area contributed by atoms with E-state index in [1.54, 1.807) is 0 Å². The molecule has 162 valence electrons. The molecule has 1 atom stereocenters. The van der Waals surface area contributed by atoms with Crippen LogP contribution in [0.15, 0.2) is 42.5 Å². The summed E-state index contributed by atoms with van der Waals surface area (Å²) in [5.74, 6) is 0.816. The van der Waals surface area contributed by atoms with Crippen molar-refractivity contribution in [3.63, 3.8) is 0 Å². The van der Waals surface area contributed by atoms with Crippen molar-refractivity contribution in [2.45, 2.75) is 52.6 Å². The molecular weight excluding hydrogens is 396 g/mol. The van der Waals surface area contributed by atoms with E-state index < -0.39 is 6.10 Å². The van der Waals surface area contributed by atoms with Crippen LogP contribution in [0.4, 0.5) is 5.69 Å². The van der Waals surface area contributed by atoms with Crippen molar-refractivity contribution < 1.29 is 9.53 Å². The second-order valence-corrected chi connectivity index (χ2v) is 9.47. The Balaban J connectivity index is 1.61. The maximum absolute atomic E-state index is 13.1. The van der Waals surface area contributed by atoms with Gasteiger partial charge < -0.3 is 14.5 Å². The minimum absolute atomic E-state index is 0.0693. The van der Waals surface area contributed by atoms with Crippen LogP contribution in [0.1, 0.15) is 45.2 Å². The molecule has 4 nitrogen and oxygen atoms in total. The van der Waals surface area contributed by atoms with E-state index in [-0.39, 0.29) is 11.3 Å². The van der Waals surface area contributed by atoms with Gasteiger partial charge in [0.15, 0.2) is 6.10 Å². The van der Waals surface area contributed by atoms with Gasteiger partial charge in [-0.1, -0.05) is 57.5 Å². The van der Waals surface area contributed by atoms with E-state index in [4.69, 9.17) is 16.3 Å². The fourth-order valence-electron chi connectivity index (χ4n) is 3.80. The van der Waals surface area contributed by atoms with Gasteiger partial charge in [0.25, 0.3) is 5.91 Å². The number of halogens is 1. The number of carbonyl (C=O) groups is 1. The molecule has 30 heavy (non-hydrogen) atoms. The van der Waals surface area contributed by atoms with Gasteiger partial charge in [-0.2, -0.15) is 0 Å². The van der Waals surface area contributed by atoms with Crippen molar-refractivity contribution in [3.8, 4) is 5.75 Å². The molecule has 5 heteroatoms. The van der Waals surface area contributed by atoms with E-state index >= 15 is 0 Å². The number of aryl methyl sites for hydroxylation is 1. The number of hydrogen-bond donors (Lipinski definition) is 0. The summed E-state index contributed by atoms with van der Waals surface area (Å²) in [6.45, 7) is 13.6. The monoisotopic (exact) mass is 428 g/mol. The van der Waals surface area contributed by atoms with Crippen molar-refractivity contribution >= 4 is 23.2 Å². The molecule has 0 N–H and O–H groups in total. The van der Waals surface area contributed by atoms with Gasteiger partial charge in [0, 0.05) is 36.9 Å². The second-order valence-electron chi connectivity index (χ2n) is 9.03. The Bertz CT molecular complexity index is 866. The molecule has 1 heterocycles. The highest BCUT2D eigenvalue weighted by molar-refractivity contribution is 6.30. The maximum Gasteiger partial charge on any atom is 0.263 e. The van der Waals surface area contributed by atoms with Crippen LogP contribution in [-0.2, 0) is 10.2 Å². The average Bonchev–Trinajstić information content (AvgIpc) is 2.73. The lowest BCUT2D eigenvalue weighted by atomic mass is 9.87. The van der Waals surface area contributed by atoms with Gasteiger partial charge in [-0.15, -0.1) is 0 Å². The van der Waals surface area contributed by atoms with Crippen molar-refractivity contribution in [2.24, 2.45) is 0 Å². The summed E-state index contributed by atoms with van der Waals surface area (Å²) < 4.78 is 6.07. The number of ether oxygens (including phenoxy) is 1. The smallest absolute Gasteiger partial charge is 0.263 e. The standard InChI is InChI=1S/C25H33ClN2O2/c1-6-23(30-21-11-8-19(9-12-21)25(3,4)5)24(29)28-15-13-27(14-16-28)22-17-20(26)10-7-18(22)2/h7-12,17,23H,6,13-16H2,1-5H3/t23-/m1/s1. The van der Waals surface area contributed by atoms with Gasteiger partial charge in [0.05, 0.1) is 0 Å². The number of benzene rings is 2. The van der Waals surface area contributed by atoms with Crippen molar-refractivity contribution in [3.05, 3.63) is 58.6 Å². The lowest BCUT2D eigenvalue weighted by Crippen LogP contribution is -2.52. The lowest BCUT2D eigenvalue weighted by molar-refractivity contribution is -0.139. The molecule has 0 aliphatic carbocycles. The van der Waals surface area contributed by atoms with Gasteiger partial charge in [0.1, 0.15) is 5.75 Å². The number of hydrogen-bond acceptors (Lipinski definition) is 3. The van der Waals surface area contributed by atoms with Crippen LogP contribution in [0, 0.1) is 6.92 Å². The van der Waals surface area contributed by atoms with E-state index in [0.29, 0.717) is 19.5 Å². The molecule has 1 fully saturated rings. The lowest BCUT2D eigenvalue weighted by Gasteiger charge is -2.38. The van der Waals surface area contributed by atoms with Crippen molar-refractivity contribution in [1.82, 2.24) is 4.90 Å². The van der Waals surface area contributed by atoms with Gasteiger partial charge >= 0.3 is 0 Å². The molecule has 0 bridgehead atoms. The van der Waals surface area contributed by atoms with Crippen LogP contribution in [0.5, 0.6) is 5.75 Å². The summed E-state index contributed by atoms with van der Waals surface area (Å²) in [6, 6.07) is 14.1. The topological polar surface area (TPSA) is 32.8 Å². The van der Waals surface area contributed by atoms with Crippen LogP contribution in [0.3, 0.4) is 0 Å². The van der Waals surface area contributed by atoms with Crippen LogP contribution in [-0.4, -0.2) is 43.1 Å². The van der Waals surface area contributed by atoms with E-state index in [2.05, 4.69) is 44.7 Å². The first-order valence-electron chi connectivity index (χ1n) is 10.8. The molecule has 0 aromatic heterocycles. The summed E-state index contributed by atoms with van der Waals surface area (Å²) in [5, 5.41) is 0.742. The molecule has 1 aliphatic rings. The Kier molecular flexibility index (Phi) is 6.97. The molecule has 1 saturated heterocycles. The third kappa shape index (κ3) is 5.28. The van der Waals surface area contributed by atoms with Gasteiger partial charge in [-0.3, -0.25) is 4.79 Å². The fourth-order valence-corrected chi connectivity index (χ4v) is 3.97. The minimum Gasteiger partial charge on any atom is -0.481 e. The Labute approximate surface area is 185 Å². The Morgan fingerprint density at radius 2 is 1.70 bits per heavy atom. The number of amides is 1. The summed E-state index contributed by atoms with van der Waals surface area (Å²) in [4.78, 5) is 17.3. The van der Waals surface area contributed by atoms with E-state index in [1.807, 2.05) is 42.2 Å². The van der Waals surface area contributed by atoms with Gasteiger partial charge in [0.2, 0.25) is 0 Å². The summed E-state index contributed by atoms with van der Waals surface area (Å²) in [7, 11) is 0. The SMILES string of the molecule is CC[C@@H](Oc1ccc(C(C)(C)C)cc1)C(=O)N1CCN(c2cc(Cl)ccc2C)CC1. The summed E-state index contributed by atoms with van der Waals surface area (Å²) in [6.07, 6.45) is 0.193. The number of rotatable bonds is 5. The third-order valence-electron chi connectivity index (χ3n) is 5.75. The molecule has 2 aromatic rings. The van der Waals surface area contributed by atoms with Gasteiger partial charge in [-0.05, 0) is 54.2 Å². The first-order valence-corrected chi connectivity index (χ1v) is 11.1. The first-order chi connectivity index (χ1) is 14.2. The minimum atomic E-state index is -0.454. The molecule has 0 unspecified atom stereocenters. The molecule has 3 rings (SSSR count). The van der Waals surface area contributed by atoms with E-state index in [1.165, 1.54) is 11.1 Å². The zero-order chi connectivity index (χ0) is 21.9. The molecular formula is C25H33ClN2O2. The number of anilines is 1. The van der Waals surface area contributed by atoms with Crippen LogP contribution in [0.25, 0.3) is 0 Å². The Morgan fingerprint density at radius 1 is 1.07 bits per heavy atom. The Hall–Kier alpha value is -2.20. The van der Waals surface area contributed by atoms with Crippen molar-refractivity contribution in [1.29, 1.82) is 0 Å². The zero-order valence-corrected chi connectivity index (χ0v) is 19.5. The van der Waals surface area contributed by atoms with Crippen molar-refractivity contribution in [2.75, 3.05) is 31.1 Å². The normalized spacial score (nSPS) is 15.8. The largest absolute Gasteiger partial charge is 0.481 e.